The number of hydrogen-bond acceptors (Lipinski definition) is 4. The fourth-order valence-electron chi connectivity index (χ4n) is 1.81. The molecule has 2 N–H and O–H groups in total. The first-order valence-corrected chi connectivity index (χ1v) is 6.61. The van der Waals surface area contributed by atoms with Crippen molar-refractivity contribution in [3.05, 3.63) is 28.8 Å². The lowest BCUT2D eigenvalue weighted by atomic mass is 10.0. The van der Waals surface area contributed by atoms with Crippen molar-refractivity contribution >= 4 is 17.6 Å². The minimum absolute atomic E-state index is 0.0461. The van der Waals surface area contributed by atoms with E-state index in [2.05, 4.69) is 5.32 Å². The number of phenols is 1. The van der Waals surface area contributed by atoms with Gasteiger partial charge in [-0.05, 0) is 18.4 Å². The highest BCUT2D eigenvalue weighted by Crippen LogP contribution is 2.26. The van der Waals surface area contributed by atoms with Gasteiger partial charge in [0, 0.05) is 12.1 Å². The zero-order valence-corrected chi connectivity index (χ0v) is 12.2. The Kier molecular flexibility index (Phi) is 6.12. The molecule has 4 nitrogen and oxygen atoms in total. The van der Waals surface area contributed by atoms with E-state index in [0.29, 0.717) is 29.5 Å². The number of para-hydroxylation sites is 1. The van der Waals surface area contributed by atoms with E-state index in [1.54, 1.807) is 18.2 Å². The van der Waals surface area contributed by atoms with Gasteiger partial charge >= 0.3 is 5.97 Å². The Labute approximate surface area is 118 Å². The number of aromatic hydroxyl groups is 1. The molecule has 5 heteroatoms. The summed E-state index contributed by atoms with van der Waals surface area (Å²) in [5, 5.41) is 13.2. The third-order valence-corrected chi connectivity index (χ3v) is 3.11. The van der Waals surface area contributed by atoms with Gasteiger partial charge in [0.05, 0.1) is 12.1 Å². The molecule has 0 heterocycles. The lowest BCUT2D eigenvalue weighted by molar-refractivity contribution is -0.143. The van der Waals surface area contributed by atoms with Crippen LogP contribution in [0.2, 0.25) is 5.02 Å². The third kappa shape index (κ3) is 4.73. The fourth-order valence-corrected chi connectivity index (χ4v) is 2.01. The van der Waals surface area contributed by atoms with Crippen LogP contribution < -0.4 is 5.32 Å². The maximum Gasteiger partial charge on any atom is 0.322 e. The van der Waals surface area contributed by atoms with Crippen molar-refractivity contribution in [1.29, 1.82) is 0 Å². The molecule has 0 radical (unpaired) electrons. The molecule has 1 unspecified atom stereocenters. The molecule has 0 aliphatic carbocycles. The predicted molar refractivity (Wildman–Crippen MR) is 75.2 cm³/mol. The zero-order chi connectivity index (χ0) is 14.4. The van der Waals surface area contributed by atoms with E-state index in [1.807, 2.05) is 13.8 Å². The van der Waals surface area contributed by atoms with E-state index in [4.69, 9.17) is 16.3 Å². The number of carbonyl (C=O) groups excluding carboxylic acids is 1. The van der Waals surface area contributed by atoms with E-state index in [-0.39, 0.29) is 17.8 Å². The molecular formula is C14H20ClNO3. The van der Waals surface area contributed by atoms with Crippen molar-refractivity contribution in [3.63, 3.8) is 0 Å². The average molecular weight is 286 g/mol. The molecule has 1 aromatic carbocycles. The van der Waals surface area contributed by atoms with Crippen LogP contribution in [0.25, 0.3) is 0 Å². The second-order valence-corrected chi connectivity index (χ2v) is 5.24. The number of halogens is 1. The second-order valence-electron chi connectivity index (χ2n) is 4.83. The Balaban J connectivity index is 2.70. The highest BCUT2D eigenvalue weighted by Gasteiger charge is 2.20. The van der Waals surface area contributed by atoms with Crippen LogP contribution in [0.3, 0.4) is 0 Å². The molecule has 0 saturated carbocycles. The van der Waals surface area contributed by atoms with Crippen LogP contribution in [-0.2, 0) is 16.1 Å². The Morgan fingerprint density at radius 1 is 1.47 bits per heavy atom. The van der Waals surface area contributed by atoms with Crippen molar-refractivity contribution in [2.75, 3.05) is 7.11 Å². The minimum Gasteiger partial charge on any atom is -0.506 e. The van der Waals surface area contributed by atoms with Crippen molar-refractivity contribution in [1.82, 2.24) is 5.32 Å². The molecule has 0 spiro atoms. The van der Waals surface area contributed by atoms with E-state index in [1.165, 1.54) is 7.11 Å². The maximum absolute atomic E-state index is 11.6. The number of carbonyl (C=O) groups is 1. The molecule has 0 aliphatic rings. The van der Waals surface area contributed by atoms with Crippen LogP contribution >= 0.6 is 11.6 Å². The SMILES string of the molecule is COC(=O)C(CC(C)C)NCc1cccc(Cl)c1O. The highest BCUT2D eigenvalue weighted by molar-refractivity contribution is 6.32. The van der Waals surface area contributed by atoms with E-state index >= 15 is 0 Å². The summed E-state index contributed by atoms with van der Waals surface area (Å²) in [5.74, 6) is 0.115. The van der Waals surface area contributed by atoms with Crippen molar-refractivity contribution in [2.45, 2.75) is 32.9 Å². The summed E-state index contributed by atoms with van der Waals surface area (Å²) < 4.78 is 4.77. The van der Waals surface area contributed by atoms with Gasteiger partial charge in [0.15, 0.2) is 0 Å². The first kappa shape index (κ1) is 15.8. The molecule has 0 aromatic heterocycles. The molecule has 0 amide bonds. The van der Waals surface area contributed by atoms with Gasteiger partial charge in [-0.2, -0.15) is 0 Å². The Morgan fingerprint density at radius 3 is 2.74 bits per heavy atom. The van der Waals surface area contributed by atoms with Gasteiger partial charge in [-0.25, -0.2) is 0 Å². The number of hydrogen-bond donors (Lipinski definition) is 2. The smallest absolute Gasteiger partial charge is 0.322 e. The summed E-state index contributed by atoms with van der Waals surface area (Å²) in [6, 6.07) is 4.75. The summed E-state index contributed by atoms with van der Waals surface area (Å²) in [6.07, 6.45) is 0.675. The Hall–Kier alpha value is -1.26. The van der Waals surface area contributed by atoms with Gasteiger partial charge in [0.1, 0.15) is 11.8 Å². The predicted octanol–water partition coefficient (Wildman–Crippen LogP) is 2.72. The number of rotatable bonds is 6. The van der Waals surface area contributed by atoms with E-state index < -0.39 is 0 Å². The molecule has 106 valence electrons. The van der Waals surface area contributed by atoms with Crippen molar-refractivity contribution in [2.24, 2.45) is 5.92 Å². The van der Waals surface area contributed by atoms with Crippen LogP contribution in [0.1, 0.15) is 25.8 Å². The third-order valence-electron chi connectivity index (χ3n) is 2.80. The van der Waals surface area contributed by atoms with E-state index in [9.17, 15) is 9.90 Å². The van der Waals surface area contributed by atoms with Crippen molar-refractivity contribution < 1.29 is 14.6 Å². The number of ether oxygens (including phenoxy) is 1. The van der Waals surface area contributed by atoms with Crippen LogP contribution in [0.4, 0.5) is 0 Å². The standard InChI is InChI=1S/C14H20ClNO3/c1-9(2)7-12(14(18)19-3)16-8-10-5-4-6-11(15)13(10)17/h4-6,9,12,16-17H,7-8H2,1-3H3. The monoisotopic (exact) mass is 285 g/mol. The van der Waals surface area contributed by atoms with Gasteiger partial charge in [-0.3, -0.25) is 4.79 Å². The molecule has 1 rings (SSSR count). The van der Waals surface area contributed by atoms with Gasteiger partial charge in [0.25, 0.3) is 0 Å². The van der Waals surface area contributed by atoms with Gasteiger partial charge in [0.2, 0.25) is 0 Å². The molecule has 1 aromatic rings. The molecule has 0 saturated heterocycles. The molecule has 0 bridgehead atoms. The molecule has 19 heavy (non-hydrogen) atoms. The topological polar surface area (TPSA) is 58.6 Å². The van der Waals surface area contributed by atoms with Gasteiger partial charge < -0.3 is 15.2 Å². The zero-order valence-electron chi connectivity index (χ0n) is 11.4. The van der Waals surface area contributed by atoms with Gasteiger partial charge in [-0.15, -0.1) is 0 Å². The van der Waals surface area contributed by atoms with Crippen LogP contribution in [0, 0.1) is 5.92 Å². The van der Waals surface area contributed by atoms with Crippen LogP contribution in [0.5, 0.6) is 5.75 Å². The number of methoxy groups -OCH3 is 1. The summed E-state index contributed by atoms with van der Waals surface area (Å²) in [6.45, 7) is 4.43. The lowest BCUT2D eigenvalue weighted by Crippen LogP contribution is -2.38. The second kappa shape index (κ2) is 7.36. The quantitative estimate of drug-likeness (QED) is 0.789. The number of nitrogens with one attached hydrogen (secondary N) is 1. The normalized spacial score (nSPS) is 12.5. The highest BCUT2D eigenvalue weighted by atomic mass is 35.5. The molecule has 0 aliphatic heterocycles. The molecular weight excluding hydrogens is 266 g/mol. The maximum atomic E-state index is 11.6. The van der Waals surface area contributed by atoms with Crippen LogP contribution in [0.15, 0.2) is 18.2 Å². The lowest BCUT2D eigenvalue weighted by Gasteiger charge is -2.18. The summed E-state index contributed by atoms with van der Waals surface area (Å²) in [4.78, 5) is 11.6. The first-order chi connectivity index (χ1) is 8.95. The average Bonchev–Trinajstić information content (AvgIpc) is 2.37. The number of phenolic OH excluding ortho intramolecular Hbond substituents is 1. The summed E-state index contributed by atoms with van der Waals surface area (Å²) >= 11 is 5.83. The Morgan fingerprint density at radius 2 is 2.16 bits per heavy atom. The van der Waals surface area contributed by atoms with Crippen LogP contribution in [-0.4, -0.2) is 24.2 Å². The molecule has 1 atom stereocenters. The van der Waals surface area contributed by atoms with Gasteiger partial charge in [-0.1, -0.05) is 37.6 Å². The minimum atomic E-state index is -0.386. The molecule has 0 fully saturated rings. The van der Waals surface area contributed by atoms with Crippen molar-refractivity contribution in [3.8, 4) is 5.75 Å². The Bertz CT molecular complexity index is 435. The number of esters is 1. The summed E-state index contributed by atoms with van der Waals surface area (Å²) in [7, 11) is 1.37. The van der Waals surface area contributed by atoms with E-state index in [0.717, 1.165) is 0 Å². The number of benzene rings is 1. The fraction of sp³-hybridized carbons (Fsp3) is 0.500. The summed E-state index contributed by atoms with van der Waals surface area (Å²) in [5.41, 5.74) is 0.658. The largest absolute Gasteiger partial charge is 0.506 e. The first-order valence-electron chi connectivity index (χ1n) is 6.23.